The van der Waals surface area contributed by atoms with Gasteiger partial charge < -0.3 is 0 Å². The minimum Gasteiger partial charge on any atom is -0.241 e. The SMILES string of the molecule is FC(CCCC1CC1)C(F)(F)C(F)CCCC1CC1. The topological polar surface area (TPSA) is 0 Å². The Labute approximate surface area is 112 Å². The second kappa shape index (κ2) is 6.45. The molecule has 2 aliphatic rings. The molecule has 0 aromatic carbocycles. The van der Waals surface area contributed by atoms with Crippen LogP contribution in [-0.2, 0) is 0 Å². The van der Waals surface area contributed by atoms with Crippen LogP contribution in [0.4, 0.5) is 17.6 Å². The number of halogens is 4. The molecule has 4 heteroatoms. The van der Waals surface area contributed by atoms with Gasteiger partial charge in [-0.3, -0.25) is 0 Å². The van der Waals surface area contributed by atoms with Gasteiger partial charge in [-0.2, -0.15) is 0 Å². The van der Waals surface area contributed by atoms with E-state index in [-0.39, 0.29) is 12.8 Å². The Hall–Kier alpha value is -0.280. The summed E-state index contributed by atoms with van der Waals surface area (Å²) in [6, 6.07) is 0. The molecule has 0 aromatic heterocycles. The molecule has 19 heavy (non-hydrogen) atoms. The maximum absolute atomic E-state index is 13.5. The van der Waals surface area contributed by atoms with Gasteiger partial charge in [-0.25, -0.2) is 17.6 Å². The van der Waals surface area contributed by atoms with E-state index < -0.39 is 18.3 Å². The van der Waals surface area contributed by atoms with E-state index in [0.717, 1.165) is 38.5 Å². The number of rotatable bonds is 10. The quantitative estimate of drug-likeness (QED) is 0.466. The van der Waals surface area contributed by atoms with E-state index in [1.807, 2.05) is 0 Å². The zero-order chi connectivity index (χ0) is 13.9. The highest BCUT2D eigenvalue weighted by Gasteiger charge is 2.47. The smallest absolute Gasteiger partial charge is 0.241 e. The van der Waals surface area contributed by atoms with E-state index in [0.29, 0.717) is 24.7 Å². The van der Waals surface area contributed by atoms with Crippen LogP contribution in [0.2, 0.25) is 0 Å². The average molecular weight is 280 g/mol. The first-order chi connectivity index (χ1) is 9.00. The first-order valence-electron chi connectivity index (χ1n) is 7.66. The Morgan fingerprint density at radius 1 is 0.789 bits per heavy atom. The molecule has 0 amide bonds. The normalized spacial score (nSPS) is 23.4. The van der Waals surface area contributed by atoms with Crippen molar-refractivity contribution in [3.63, 3.8) is 0 Å². The maximum atomic E-state index is 13.5. The first-order valence-corrected chi connectivity index (χ1v) is 7.66. The lowest BCUT2D eigenvalue weighted by Crippen LogP contribution is -2.40. The van der Waals surface area contributed by atoms with Crippen LogP contribution >= 0.6 is 0 Å². The summed E-state index contributed by atoms with van der Waals surface area (Å²) in [6.07, 6.45) is 2.06. The van der Waals surface area contributed by atoms with Crippen LogP contribution in [0, 0.1) is 11.8 Å². The highest BCUT2D eigenvalue weighted by molar-refractivity contribution is 4.86. The van der Waals surface area contributed by atoms with Crippen molar-refractivity contribution in [1.82, 2.24) is 0 Å². The molecule has 0 N–H and O–H groups in total. The van der Waals surface area contributed by atoms with Gasteiger partial charge in [-0.05, 0) is 24.7 Å². The van der Waals surface area contributed by atoms with Crippen LogP contribution in [-0.4, -0.2) is 18.3 Å². The summed E-state index contributed by atoms with van der Waals surface area (Å²) in [7, 11) is 0. The van der Waals surface area contributed by atoms with Crippen molar-refractivity contribution in [3.05, 3.63) is 0 Å². The van der Waals surface area contributed by atoms with Crippen LogP contribution in [0.5, 0.6) is 0 Å². The zero-order valence-corrected chi connectivity index (χ0v) is 11.4. The van der Waals surface area contributed by atoms with Crippen LogP contribution in [0.1, 0.15) is 64.2 Å². The highest BCUT2D eigenvalue weighted by Crippen LogP contribution is 2.38. The highest BCUT2D eigenvalue weighted by atomic mass is 19.3. The molecule has 2 saturated carbocycles. The lowest BCUT2D eigenvalue weighted by Gasteiger charge is -2.24. The molecule has 0 spiro atoms. The predicted molar refractivity (Wildman–Crippen MR) is 67.9 cm³/mol. The van der Waals surface area contributed by atoms with E-state index in [2.05, 4.69) is 0 Å². The fraction of sp³-hybridized carbons (Fsp3) is 1.00. The van der Waals surface area contributed by atoms with Crippen molar-refractivity contribution in [2.75, 3.05) is 0 Å². The third-order valence-electron chi connectivity index (χ3n) is 4.37. The minimum atomic E-state index is -3.80. The van der Waals surface area contributed by atoms with Crippen molar-refractivity contribution in [1.29, 1.82) is 0 Å². The van der Waals surface area contributed by atoms with E-state index in [1.165, 1.54) is 0 Å². The standard InChI is InChI=1S/C15H24F4/c16-13(5-1-3-11-7-8-11)15(18,19)14(17)6-2-4-12-9-10-12/h11-14H,1-10H2. The van der Waals surface area contributed by atoms with Gasteiger partial charge in [0.25, 0.3) is 0 Å². The lowest BCUT2D eigenvalue weighted by atomic mass is 9.98. The average Bonchev–Trinajstić information content (AvgIpc) is 3.23. The fourth-order valence-electron chi connectivity index (χ4n) is 2.57. The van der Waals surface area contributed by atoms with E-state index >= 15 is 0 Å². The van der Waals surface area contributed by atoms with Crippen molar-refractivity contribution in [2.24, 2.45) is 11.8 Å². The van der Waals surface area contributed by atoms with Crippen molar-refractivity contribution in [2.45, 2.75) is 82.5 Å². The second-order valence-electron chi connectivity index (χ2n) is 6.36. The summed E-state index contributed by atoms with van der Waals surface area (Å²) in [4.78, 5) is 0. The van der Waals surface area contributed by atoms with E-state index in [1.54, 1.807) is 0 Å². The van der Waals surface area contributed by atoms with Crippen LogP contribution in [0.25, 0.3) is 0 Å². The van der Waals surface area contributed by atoms with Gasteiger partial charge >= 0.3 is 5.92 Å². The third-order valence-corrected chi connectivity index (χ3v) is 4.37. The Morgan fingerprint density at radius 2 is 1.16 bits per heavy atom. The second-order valence-corrected chi connectivity index (χ2v) is 6.36. The van der Waals surface area contributed by atoms with Gasteiger partial charge in [0.2, 0.25) is 0 Å². The Kier molecular flexibility index (Phi) is 5.13. The molecule has 0 heterocycles. The Bertz CT molecular complexity index is 245. The molecule has 2 rings (SSSR count). The molecule has 0 aliphatic heterocycles. The van der Waals surface area contributed by atoms with Gasteiger partial charge in [0.15, 0.2) is 12.3 Å². The maximum Gasteiger partial charge on any atom is 0.309 e. The molecule has 2 atom stereocenters. The van der Waals surface area contributed by atoms with Crippen LogP contribution < -0.4 is 0 Å². The molecule has 0 aromatic rings. The summed E-state index contributed by atoms with van der Waals surface area (Å²) in [5.74, 6) is -2.58. The fourth-order valence-corrected chi connectivity index (χ4v) is 2.57. The first kappa shape index (κ1) is 15.1. The molecule has 2 unspecified atom stereocenters. The molecule has 2 fully saturated rings. The van der Waals surface area contributed by atoms with Crippen molar-refractivity contribution >= 4 is 0 Å². The van der Waals surface area contributed by atoms with Gasteiger partial charge in [0, 0.05) is 0 Å². The summed E-state index contributed by atoms with van der Waals surface area (Å²) in [6.45, 7) is 0. The summed E-state index contributed by atoms with van der Waals surface area (Å²) in [5, 5.41) is 0. The van der Waals surface area contributed by atoms with E-state index in [4.69, 9.17) is 0 Å². The molecular weight excluding hydrogens is 256 g/mol. The molecule has 112 valence electrons. The van der Waals surface area contributed by atoms with Crippen LogP contribution in [0.3, 0.4) is 0 Å². The molecule has 0 bridgehead atoms. The molecule has 0 saturated heterocycles. The third kappa shape index (κ3) is 4.96. The van der Waals surface area contributed by atoms with E-state index in [9.17, 15) is 17.6 Å². The zero-order valence-electron chi connectivity index (χ0n) is 11.4. The number of hydrogen-bond donors (Lipinski definition) is 0. The van der Waals surface area contributed by atoms with Gasteiger partial charge in [-0.1, -0.05) is 51.4 Å². The van der Waals surface area contributed by atoms with Crippen molar-refractivity contribution in [3.8, 4) is 0 Å². The van der Waals surface area contributed by atoms with Gasteiger partial charge in [0.05, 0.1) is 0 Å². The summed E-state index contributed by atoms with van der Waals surface area (Å²) >= 11 is 0. The van der Waals surface area contributed by atoms with Crippen molar-refractivity contribution < 1.29 is 17.6 Å². The molecule has 0 nitrogen and oxygen atoms in total. The lowest BCUT2D eigenvalue weighted by molar-refractivity contribution is -0.132. The predicted octanol–water partition coefficient (Wildman–Crippen LogP) is 5.46. The van der Waals surface area contributed by atoms with Gasteiger partial charge in [0.1, 0.15) is 0 Å². The van der Waals surface area contributed by atoms with Gasteiger partial charge in [-0.15, -0.1) is 0 Å². The number of hydrogen-bond acceptors (Lipinski definition) is 0. The van der Waals surface area contributed by atoms with Crippen LogP contribution in [0.15, 0.2) is 0 Å². The summed E-state index contributed by atoms with van der Waals surface area (Å²) < 4.78 is 54.1. The largest absolute Gasteiger partial charge is 0.309 e. The monoisotopic (exact) mass is 280 g/mol. The molecule has 2 aliphatic carbocycles. The Morgan fingerprint density at radius 3 is 1.47 bits per heavy atom. The molecular formula is C15H24F4. The number of alkyl halides is 4. The molecule has 0 radical (unpaired) electrons. The minimum absolute atomic E-state index is 0.202. The summed E-state index contributed by atoms with van der Waals surface area (Å²) in [5.41, 5.74) is 0. The Balaban J connectivity index is 1.63.